The van der Waals surface area contributed by atoms with Gasteiger partial charge in [0.1, 0.15) is 6.10 Å². The predicted octanol–water partition coefficient (Wildman–Crippen LogP) is 2.14. The minimum absolute atomic E-state index is 0.226. The molecule has 1 unspecified atom stereocenters. The molecule has 0 bridgehead atoms. The second-order valence-electron chi connectivity index (χ2n) is 4.92. The Morgan fingerprint density at radius 3 is 2.75 bits per heavy atom. The Morgan fingerprint density at radius 1 is 1.50 bits per heavy atom. The highest BCUT2D eigenvalue weighted by Crippen LogP contribution is 2.16. The predicted molar refractivity (Wildman–Crippen MR) is 63.2 cm³/mol. The van der Waals surface area contributed by atoms with Gasteiger partial charge in [0.05, 0.1) is 17.9 Å². The van der Waals surface area contributed by atoms with Gasteiger partial charge in [0, 0.05) is 12.7 Å². The summed E-state index contributed by atoms with van der Waals surface area (Å²) < 4.78 is 7.39. The van der Waals surface area contributed by atoms with Crippen LogP contribution in [0.4, 0.5) is 0 Å². The van der Waals surface area contributed by atoms with Crippen LogP contribution in [0.25, 0.3) is 0 Å². The van der Waals surface area contributed by atoms with E-state index in [1.807, 2.05) is 31.5 Å². The Kier molecular flexibility index (Phi) is 4.50. The highest BCUT2D eigenvalue weighted by Gasteiger charge is 2.17. The summed E-state index contributed by atoms with van der Waals surface area (Å²) in [6.45, 7) is 9.15. The van der Waals surface area contributed by atoms with E-state index < -0.39 is 6.10 Å². The van der Waals surface area contributed by atoms with Crippen LogP contribution in [0.1, 0.15) is 45.9 Å². The average molecular weight is 226 g/mol. The third kappa shape index (κ3) is 3.94. The summed E-state index contributed by atoms with van der Waals surface area (Å²) in [6.07, 6.45) is 2.11. The SMILES string of the molecule is CCCn1nccc1C(O)COC(C)(C)C. The maximum absolute atomic E-state index is 9.99. The lowest BCUT2D eigenvalue weighted by atomic mass is 10.2. The van der Waals surface area contributed by atoms with Gasteiger partial charge in [0.2, 0.25) is 0 Å². The third-order valence-corrected chi connectivity index (χ3v) is 2.20. The minimum Gasteiger partial charge on any atom is -0.384 e. The highest BCUT2D eigenvalue weighted by molar-refractivity contribution is 5.04. The van der Waals surface area contributed by atoms with Crippen molar-refractivity contribution in [2.45, 2.75) is 52.4 Å². The van der Waals surface area contributed by atoms with Crippen LogP contribution in [-0.2, 0) is 11.3 Å². The Bertz CT molecular complexity index is 315. The number of hydrogen-bond donors (Lipinski definition) is 1. The van der Waals surface area contributed by atoms with Crippen molar-refractivity contribution in [3.63, 3.8) is 0 Å². The number of aliphatic hydroxyl groups is 1. The summed E-state index contributed by atoms with van der Waals surface area (Å²) in [5, 5.41) is 14.2. The molecule has 0 aliphatic heterocycles. The van der Waals surface area contributed by atoms with Crippen LogP contribution in [0.5, 0.6) is 0 Å². The summed E-state index contributed by atoms with van der Waals surface area (Å²) in [5.41, 5.74) is 0.599. The number of aryl methyl sites for hydroxylation is 1. The van der Waals surface area contributed by atoms with E-state index in [9.17, 15) is 5.11 Å². The van der Waals surface area contributed by atoms with Crippen molar-refractivity contribution in [1.29, 1.82) is 0 Å². The van der Waals surface area contributed by atoms with Crippen molar-refractivity contribution >= 4 is 0 Å². The summed E-state index contributed by atoms with van der Waals surface area (Å²) in [7, 11) is 0. The van der Waals surface area contributed by atoms with E-state index >= 15 is 0 Å². The molecule has 0 fully saturated rings. The van der Waals surface area contributed by atoms with Gasteiger partial charge in [-0.3, -0.25) is 4.68 Å². The molecule has 0 aliphatic rings. The van der Waals surface area contributed by atoms with Gasteiger partial charge in [-0.2, -0.15) is 5.10 Å². The van der Waals surface area contributed by atoms with Crippen molar-refractivity contribution in [2.24, 2.45) is 0 Å². The fourth-order valence-corrected chi connectivity index (χ4v) is 1.44. The average Bonchev–Trinajstić information content (AvgIpc) is 2.62. The molecule has 0 aromatic carbocycles. The smallest absolute Gasteiger partial charge is 0.119 e. The summed E-state index contributed by atoms with van der Waals surface area (Å²) in [6, 6.07) is 1.84. The van der Waals surface area contributed by atoms with E-state index in [0.717, 1.165) is 18.7 Å². The fourth-order valence-electron chi connectivity index (χ4n) is 1.44. The molecule has 4 nitrogen and oxygen atoms in total. The Hall–Kier alpha value is -0.870. The standard InChI is InChI=1S/C12H22N2O2/c1-5-8-14-10(6-7-13-14)11(15)9-16-12(2,3)4/h6-7,11,15H,5,8-9H2,1-4H3. The van der Waals surface area contributed by atoms with Gasteiger partial charge >= 0.3 is 0 Å². The van der Waals surface area contributed by atoms with Gasteiger partial charge in [-0.25, -0.2) is 0 Å². The first kappa shape index (κ1) is 13.2. The van der Waals surface area contributed by atoms with Crippen molar-refractivity contribution in [3.8, 4) is 0 Å². The van der Waals surface area contributed by atoms with Crippen molar-refractivity contribution in [3.05, 3.63) is 18.0 Å². The van der Waals surface area contributed by atoms with Crippen molar-refractivity contribution < 1.29 is 9.84 Å². The zero-order valence-electron chi connectivity index (χ0n) is 10.6. The van der Waals surface area contributed by atoms with E-state index in [-0.39, 0.29) is 5.60 Å². The van der Waals surface area contributed by atoms with Crippen LogP contribution in [-0.4, -0.2) is 27.1 Å². The lowest BCUT2D eigenvalue weighted by Crippen LogP contribution is -2.24. The molecular weight excluding hydrogens is 204 g/mol. The maximum atomic E-state index is 9.99. The molecule has 1 N–H and O–H groups in total. The molecule has 1 rings (SSSR count). The van der Waals surface area contributed by atoms with Crippen LogP contribution in [0.3, 0.4) is 0 Å². The molecule has 1 heterocycles. The Morgan fingerprint density at radius 2 is 2.19 bits per heavy atom. The van der Waals surface area contributed by atoms with Crippen LogP contribution in [0.2, 0.25) is 0 Å². The molecule has 0 saturated heterocycles. The molecule has 4 heteroatoms. The zero-order chi connectivity index (χ0) is 12.2. The zero-order valence-corrected chi connectivity index (χ0v) is 10.6. The number of hydrogen-bond acceptors (Lipinski definition) is 3. The van der Waals surface area contributed by atoms with Crippen LogP contribution in [0, 0.1) is 0 Å². The lowest BCUT2D eigenvalue weighted by molar-refractivity contribution is -0.0517. The first-order valence-electron chi connectivity index (χ1n) is 5.78. The Balaban J connectivity index is 2.58. The molecule has 1 aromatic heterocycles. The van der Waals surface area contributed by atoms with Crippen molar-refractivity contribution in [1.82, 2.24) is 9.78 Å². The molecule has 92 valence electrons. The topological polar surface area (TPSA) is 47.3 Å². The lowest BCUT2D eigenvalue weighted by Gasteiger charge is -2.22. The number of nitrogens with zero attached hydrogens (tertiary/aromatic N) is 2. The maximum Gasteiger partial charge on any atom is 0.119 e. The van der Waals surface area contributed by atoms with Crippen molar-refractivity contribution in [2.75, 3.05) is 6.61 Å². The summed E-state index contributed by atoms with van der Waals surface area (Å²) in [4.78, 5) is 0. The fraction of sp³-hybridized carbons (Fsp3) is 0.750. The number of aromatic nitrogens is 2. The minimum atomic E-state index is -0.603. The molecule has 16 heavy (non-hydrogen) atoms. The van der Waals surface area contributed by atoms with Crippen LogP contribution < -0.4 is 0 Å². The number of rotatable bonds is 5. The molecule has 1 atom stereocenters. The van der Waals surface area contributed by atoms with Gasteiger partial charge in [-0.05, 0) is 33.3 Å². The second kappa shape index (κ2) is 5.46. The molecule has 0 spiro atoms. The quantitative estimate of drug-likeness (QED) is 0.836. The largest absolute Gasteiger partial charge is 0.384 e. The number of aliphatic hydroxyl groups excluding tert-OH is 1. The molecular formula is C12H22N2O2. The van der Waals surface area contributed by atoms with Gasteiger partial charge in [-0.15, -0.1) is 0 Å². The summed E-state index contributed by atoms with van der Waals surface area (Å²) >= 11 is 0. The second-order valence-corrected chi connectivity index (χ2v) is 4.92. The molecule has 0 saturated carbocycles. The van der Waals surface area contributed by atoms with E-state index in [1.165, 1.54) is 0 Å². The molecule has 0 aliphatic carbocycles. The monoisotopic (exact) mass is 226 g/mol. The number of ether oxygens (including phenoxy) is 1. The third-order valence-electron chi connectivity index (χ3n) is 2.20. The molecule has 0 radical (unpaired) electrons. The Labute approximate surface area is 97.2 Å². The molecule has 0 amide bonds. The van der Waals surface area contributed by atoms with E-state index in [4.69, 9.17) is 4.74 Å². The highest BCUT2D eigenvalue weighted by atomic mass is 16.5. The van der Waals surface area contributed by atoms with E-state index in [0.29, 0.717) is 6.61 Å². The normalized spacial score (nSPS) is 14.1. The molecule has 1 aromatic rings. The van der Waals surface area contributed by atoms with Crippen LogP contribution >= 0.6 is 0 Å². The van der Waals surface area contributed by atoms with Gasteiger partial charge in [-0.1, -0.05) is 6.92 Å². The van der Waals surface area contributed by atoms with Crippen LogP contribution in [0.15, 0.2) is 12.3 Å². The van der Waals surface area contributed by atoms with E-state index in [1.54, 1.807) is 6.20 Å². The first-order valence-corrected chi connectivity index (χ1v) is 5.78. The van der Waals surface area contributed by atoms with Gasteiger partial charge in [0.25, 0.3) is 0 Å². The first-order chi connectivity index (χ1) is 7.44. The van der Waals surface area contributed by atoms with Gasteiger partial charge < -0.3 is 9.84 Å². The van der Waals surface area contributed by atoms with E-state index in [2.05, 4.69) is 12.0 Å². The summed E-state index contributed by atoms with van der Waals surface area (Å²) in [5.74, 6) is 0. The van der Waals surface area contributed by atoms with Gasteiger partial charge in [0.15, 0.2) is 0 Å².